The number of rotatable bonds is 7. The van der Waals surface area contributed by atoms with E-state index in [0.29, 0.717) is 11.4 Å². The molecule has 1 aliphatic rings. The Labute approximate surface area is 129 Å². The Hall–Kier alpha value is -0.780. The molecule has 0 spiro atoms. The van der Waals surface area contributed by atoms with Crippen LogP contribution in [0.25, 0.3) is 0 Å². The van der Waals surface area contributed by atoms with Crippen LogP contribution in [0.4, 0.5) is 0 Å². The molecule has 0 atom stereocenters. The van der Waals surface area contributed by atoms with Crippen molar-refractivity contribution < 1.29 is 8.42 Å². The Kier molecular flexibility index (Phi) is 6.08. The molecule has 0 aromatic heterocycles. The largest absolute Gasteiger partial charge is 0.357 e. The number of hydrogen-bond donors (Lipinski definition) is 2. The van der Waals surface area contributed by atoms with Crippen LogP contribution in [0.5, 0.6) is 0 Å². The molecule has 0 bridgehead atoms. The maximum Gasteiger partial charge on any atom is 0.191 e. The molecule has 0 unspecified atom stereocenters. The summed E-state index contributed by atoms with van der Waals surface area (Å²) >= 11 is 0. The van der Waals surface area contributed by atoms with E-state index in [0.717, 1.165) is 13.1 Å². The number of hydrogen-bond acceptors (Lipinski definition) is 3. The highest BCUT2D eigenvalue weighted by Crippen LogP contribution is 2.42. The lowest BCUT2D eigenvalue weighted by Gasteiger charge is -2.41. The lowest BCUT2D eigenvalue weighted by Crippen LogP contribution is -2.47. The highest BCUT2D eigenvalue weighted by Gasteiger charge is 2.35. The number of guanidine groups is 1. The van der Waals surface area contributed by atoms with Gasteiger partial charge in [0.2, 0.25) is 0 Å². The number of aliphatic imine (C=N–C) groups is 1. The van der Waals surface area contributed by atoms with Crippen LogP contribution in [-0.2, 0) is 9.84 Å². The number of nitrogens with zero attached hydrogens (tertiary/aromatic N) is 1. The molecular weight excluding hydrogens is 286 g/mol. The van der Waals surface area contributed by atoms with E-state index >= 15 is 0 Å². The van der Waals surface area contributed by atoms with Crippen molar-refractivity contribution in [2.75, 3.05) is 25.9 Å². The van der Waals surface area contributed by atoms with Gasteiger partial charge >= 0.3 is 0 Å². The second-order valence-electron chi connectivity index (χ2n) is 6.79. The first-order valence-corrected chi connectivity index (χ1v) is 9.77. The van der Waals surface area contributed by atoms with Crippen molar-refractivity contribution in [2.24, 2.45) is 10.4 Å². The van der Waals surface area contributed by atoms with Crippen molar-refractivity contribution in [1.82, 2.24) is 10.6 Å². The quantitative estimate of drug-likeness (QED) is 0.556. The molecule has 1 saturated carbocycles. The van der Waals surface area contributed by atoms with Gasteiger partial charge in [0.15, 0.2) is 15.8 Å². The molecule has 5 nitrogen and oxygen atoms in total. The molecule has 124 valence electrons. The summed E-state index contributed by atoms with van der Waals surface area (Å²) in [6, 6.07) is 0. The Balaban J connectivity index is 2.66. The smallest absolute Gasteiger partial charge is 0.191 e. The van der Waals surface area contributed by atoms with E-state index in [4.69, 9.17) is 0 Å². The molecule has 1 fully saturated rings. The normalized spacial score (nSPS) is 19.0. The van der Waals surface area contributed by atoms with Gasteiger partial charge < -0.3 is 10.6 Å². The number of sulfone groups is 1. The molecule has 6 heteroatoms. The van der Waals surface area contributed by atoms with Gasteiger partial charge in [-0.3, -0.25) is 4.99 Å². The van der Waals surface area contributed by atoms with Crippen molar-refractivity contribution in [1.29, 1.82) is 0 Å². The van der Waals surface area contributed by atoms with Crippen LogP contribution in [0, 0.1) is 5.41 Å². The van der Waals surface area contributed by atoms with E-state index in [1.54, 1.807) is 13.8 Å². The van der Waals surface area contributed by atoms with Gasteiger partial charge in [-0.2, -0.15) is 0 Å². The predicted molar refractivity (Wildman–Crippen MR) is 89.5 cm³/mol. The van der Waals surface area contributed by atoms with Gasteiger partial charge in [-0.1, -0.05) is 13.3 Å². The Morgan fingerprint density at radius 3 is 2.24 bits per heavy atom. The van der Waals surface area contributed by atoms with Gasteiger partial charge in [-0.25, -0.2) is 8.42 Å². The molecule has 2 N–H and O–H groups in total. The minimum atomic E-state index is -3.12. The van der Waals surface area contributed by atoms with E-state index < -0.39 is 14.6 Å². The lowest BCUT2D eigenvalue weighted by atomic mass is 9.67. The van der Waals surface area contributed by atoms with E-state index in [9.17, 15) is 8.42 Å². The van der Waals surface area contributed by atoms with Crippen LogP contribution in [0.1, 0.15) is 53.4 Å². The molecule has 0 saturated heterocycles. The van der Waals surface area contributed by atoms with Crippen LogP contribution in [0.2, 0.25) is 0 Å². The van der Waals surface area contributed by atoms with Gasteiger partial charge in [0, 0.05) is 19.3 Å². The van der Waals surface area contributed by atoms with Gasteiger partial charge in [0.1, 0.15) is 0 Å². The standard InChI is InChI=1S/C15H31N3O2S/c1-6-15(9-8-10-15)12-18-13(16-7-2)17-11-14(3,4)21(5,19)20/h6-12H2,1-5H3,(H2,16,17,18). The Morgan fingerprint density at radius 2 is 1.86 bits per heavy atom. The highest BCUT2D eigenvalue weighted by atomic mass is 32.2. The van der Waals surface area contributed by atoms with Crippen molar-refractivity contribution in [3.05, 3.63) is 0 Å². The zero-order valence-electron chi connectivity index (χ0n) is 14.1. The maximum absolute atomic E-state index is 11.7. The summed E-state index contributed by atoms with van der Waals surface area (Å²) in [6.07, 6.45) is 6.29. The van der Waals surface area contributed by atoms with Gasteiger partial charge in [0.25, 0.3) is 0 Å². The average Bonchev–Trinajstić information content (AvgIpc) is 2.33. The second-order valence-corrected chi connectivity index (χ2v) is 9.44. The third-order valence-electron chi connectivity index (χ3n) is 4.76. The summed E-state index contributed by atoms with van der Waals surface area (Å²) in [5.74, 6) is 0.717. The molecule has 1 aliphatic carbocycles. The summed E-state index contributed by atoms with van der Waals surface area (Å²) in [7, 11) is -3.12. The fraction of sp³-hybridized carbons (Fsp3) is 0.933. The third-order valence-corrected chi connectivity index (χ3v) is 6.90. The lowest BCUT2D eigenvalue weighted by molar-refractivity contribution is 0.131. The van der Waals surface area contributed by atoms with Crippen molar-refractivity contribution in [3.63, 3.8) is 0 Å². The molecule has 0 aliphatic heterocycles. The Morgan fingerprint density at radius 1 is 1.24 bits per heavy atom. The zero-order valence-corrected chi connectivity index (χ0v) is 14.9. The van der Waals surface area contributed by atoms with Crippen LogP contribution >= 0.6 is 0 Å². The zero-order chi connectivity index (χ0) is 16.1. The summed E-state index contributed by atoms with van der Waals surface area (Å²) in [5.41, 5.74) is 0.405. The molecule has 0 heterocycles. The summed E-state index contributed by atoms with van der Waals surface area (Å²) < 4.78 is 22.6. The molecule has 0 aromatic carbocycles. The molecule has 1 rings (SSSR count). The monoisotopic (exact) mass is 317 g/mol. The summed E-state index contributed by atoms with van der Waals surface area (Å²) in [5, 5.41) is 6.58. The summed E-state index contributed by atoms with van der Waals surface area (Å²) in [6.45, 7) is 9.62. The van der Waals surface area contributed by atoms with Gasteiger partial charge in [-0.15, -0.1) is 0 Å². The van der Waals surface area contributed by atoms with Gasteiger partial charge in [0.05, 0.1) is 11.3 Å². The SMILES string of the molecule is CCNC(=NCC(C)(C)S(C)(=O)=O)NCC1(CC)CCC1. The van der Waals surface area contributed by atoms with Crippen LogP contribution < -0.4 is 10.6 Å². The summed E-state index contributed by atoms with van der Waals surface area (Å²) in [4.78, 5) is 4.46. The molecule has 0 aromatic rings. The first kappa shape index (κ1) is 18.3. The van der Waals surface area contributed by atoms with Crippen LogP contribution in [-0.4, -0.2) is 45.0 Å². The van der Waals surface area contributed by atoms with Crippen LogP contribution in [0.15, 0.2) is 4.99 Å². The van der Waals surface area contributed by atoms with Crippen LogP contribution in [0.3, 0.4) is 0 Å². The first-order valence-electron chi connectivity index (χ1n) is 7.87. The topological polar surface area (TPSA) is 70.6 Å². The molecule has 0 radical (unpaired) electrons. The van der Waals surface area contributed by atoms with Crippen molar-refractivity contribution in [3.8, 4) is 0 Å². The fourth-order valence-corrected chi connectivity index (χ4v) is 2.63. The number of nitrogens with one attached hydrogen (secondary N) is 2. The first-order chi connectivity index (χ1) is 9.66. The van der Waals surface area contributed by atoms with E-state index in [2.05, 4.69) is 22.5 Å². The van der Waals surface area contributed by atoms with E-state index in [1.807, 2.05) is 6.92 Å². The highest BCUT2D eigenvalue weighted by molar-refractivity contribution is 7.92. The molecule has 0 amide bonds. The average molecular weight is 317 g/mol. The predicted octanol–water partition coefficient (Wildman–Crippen LogP) is 1.94. The third kappa shape index (κ3) is 4.87. The van der Waals surface area contributed by atoms with E-state index in [1.165, 1.54) is 31.9 Å². The fourth-order valence-electron chi connectivity index (χ4n) is 2.33. The van der Waals surface area contributed by atoms with E-state index in [-0.39, 0.29) is 6.54 Å². The Bertz CT molecular complexity index is 460. The van der Waals surface area contributed by atoms with Gasteiger partial charge in [-0.05, 0) is 45.4 Å². The minimum Gasteiger partial charge on any atom is -0.357 e. The minimum absolute atomic E-state index is 0.264. The second kappa shape index (κ2) is 6.99. The van der Waals surface area contributed by atoms with Crippen molar-refractivity contribution >= 4 is 15.8 Å². The molecular formula is C15H31N3O2S. The molecule has 21 heavy (non-hydrogen) atoms. The maximum atomic E-state index is 11.7. The van der Waals surface area contributed by atoms with Crippen molar-refractivity contribution in [2.45, 2.75) is 58.1 Å².